The van der Waals surface area contributed by atoms with E-state index in [1.807, 2.05) is 12.1 Å². The fourth-order valence-corrected chi connectivity index (χ4v) is 1.40. The third-order valence-corrected chi connectivity index (χ3v) is 2.15. The van der Waals surface area contributed by atoms with E-state index < -0.39 is 7.12 Å². The molecule has 0 saturated carbocycles. The molecule has 1 aromatic carbocycles. The molecule has 5 nitrogen and oxygen atoms in total. The van der Waals surface area contributed by atoms with Gasteiger partial charge in [-0.2, -0.15) is 0 Å². The van der Waals surface area contributed by atoms with Gasteiger partial charge in [-0.25, -0.2) is 0 Å². The van der Waals surface area contributed by atoms with Crippen molar-refractivity contribution >= 4 is 12.6 Å². The minimum absolute atomic E-state index is 0.0917. The lowest BCUT2D eigenvalue weighted by atomic mass is 9.76. The van der Waals surface area contributed by atoms with Crippen molar-refractivity contribution in [3.8, 4) is 0 Å². The molecule has 0 bridgehead atoms. The zero-order chi connectivity index (χ0) is 12.5. The van der Waals surface area contributed by atoms with Crippen LogP contribution >= 0.6 is 0 Å². The van der Waals surface area contributed by atoms with Gasteiger partial charge in [-0.15, -0.1) is 0 Å². The molecule has 0 radical (unpaired) electrons. The fourth-order valence-electron chi connectivity index (χ4n) is 1.40. The van der Waals surface area contributed by atoms with Gasteiger partial charge in [0.2, 0.25) is 0 Å². The summed E-state index contributed by atoms with van der Waals surface area (Å²) in [5.41, 5.74) is 1.46. The van der Waals surface area contributed by atoms with E-state index >= 15 is 0 Å². The summed E-state index contributed by atoms with van der Waals surface area (Å²) in [4.78, 5) is 0. The second-order valence-electron chi connectivity index (χ2n) is 3.40. The molecule has 0 saturated heterocycles. The molecule has 0 amide bonds. The second kappa shape index (κ2) is 8.22. The van der Waals surface area contributed by atoms with Crippen LogP contribution in [0.5, 0.6) is 0 Å². The molecule has 0 unspecified atom stereocenters. The van der Waals surface area contributed by atoms with Gasteiger partial charge in [0.05, 0.1) is 19.8 Å². The van der Waals surface area contributed by atoms with Crippen LogP contribution in [0.4, 0.5) is 0 Å². The first-order valence-electron chi connectivity index (χ1n) is 5.34. The van der Waals surface area contributed by atoms with Crippen molar-refractivity contribution in [3.63, 3.8) is 0 Å². The van der Waals surface area contributed by atoms with E-state index in [0.717, 1.165) is 5.56 Å². The van der Waals surface area contributed by atoms with Crippen LogP contribution in [0.15, 0.2) is 24.3 Å². The molecule has 0 aliphatic heterocycles. The summed E-state index contributed by atoms with van der Waals surface area (Å²) in [5.74, 6) is 0. The number of aliphatic hydroxyl groups is 1. The van der Waals surface area contributed by atoms with Crippen molar-refractivity contribution in [1.29, 1.82) is 0 Å². The summed E-state index contributed by atoms with van der Waals surface area (Å²) in [7, 11) is 0.495. The topological polar surface area (TPSA) is 68.2 Å². The minimum atomic E-state index is -1.05. The maximum absolute atomic E-state index is 9.77. The number of benzene rings is 1. The highest BCUT2D eigenvalue weighted by Gasteiger charge is 2.19. The normalized spacial score (nSPS) is 10.5. The average Bonchev–Trinajstić information content (AvgIpc) is 2.37. The van der Waals surface area contributed by atoms with E-state index in [1.54, 1.807) is 19.2 Å². The summed E-state index contributed by atoms with van der Waals surface area (Å²) in [6, 6.07) is 7.26. The Balaban J connectivity index is 2.62. The molecule has 6 heteroatoms. The fraction of sp³-hybridized carbons (Fsp3) is 0.455. The number of methoxy groups -OCH3 is 1. The third-order valence-electron chi connectivity index (χ3n) is 2.15. The molecule has 0 atom stereocenters. The van der Waals surface area contributed by atoms with Gasteiger partial charge in [-0.3, -0.25) is 0 Å². The molecule has 94 valence electrons. The van der Waals surface area contributed by atoms with Gasteiger partial charge in [0.25, 0.3) is 0 Å². The summed E-state index contributed by atoms with van der Waals surface area (Å²) < 4.78 is 15.0. The van der Waals surface area contributed by atoms with Gasteiger partial charge < -0.3 is 24.3 Å². The van der Waals surface area contributed by atoms with Crippen LogP contribution in [0.25, 0.3) is 0 Å². The van der Waals surface area contributed by atoms with Crippen molar-refractivity contribution in [3.05, 3.63) is 29.8 Å². The summed E-state index contributed by atoms with van der Waals surface area (Å²) >= 11 is 0. The Morgan fingerprint density at radius 2 is 2.06 bits per heavy atom. The Kier molecular flexibility index (Phi) is 6.84. The first-order valence-corrected chi connectivity index (χ1v) is 5.34. The number of hydrogen-bond acceptors (Lipinski definition) is 5. The van der Waals surface area contributed by atoms with Gasteiger partial charge in [-0.05, 0) is 11.0 Å². The van der Waals surface area contributed by atoms with E-state index in [4.69, 9.17) is 19.2 Å². The molecular formula is C11H17BO5. The van der Waals surface area contributed by atoms with Crippen molar-refractivity contribution in [2.45, 2.75) is 6.61 Å². The van der Waals surface area contributed by atoms with Crippen LogP contribution in [0.1, 0.15) is 5.56 Å². The standard InChI is InChI=1S/C11H17BO5/c1-15-9-16-8-10-4-2-3-5-11(10)12(14)17-7-6-13/h2-5,13-14H,6-9H2,1H3. The number of aliphatic hydroxyl groups excluding tert-OH is 1. The second-order valence-corrected chi connectivity index (χ2v) is 3.40. The predicted octanol–water partition coefficient (Wildman–Crippen LogP) is -0.496. The molecule has 0 spiro atoms. The van der Waals surface area contributed by atoms with Crippen molar-refractivity contribution < 1.29 is 24.3 Å². The van der Waals surface area contributed by atoms with Crippen molar-refractivity contribution in [2.24, 2.45) is 0 Å². The largest absolute Gasteiger partial charge is 0.491 e. The van der Waals surface area contributed by atoms with Crippen LogP contribution in [-0.4, -0.2) is 44.4 Å². The molecule has 0 heterocycles. The van der Waals surface area contributed by atoms with E-state index in [-0.39, 0.29) is 20.0 Å². The smallest absolute Gasteiger partial charge is 0.423 e. The van der Waals surface area contributed by atoms with E-state index in [9.17, 15) is 5.02 Å². The van der Waals surface area contributed by atoms with Crippen molar-refractivity contribution in [1.82, 2.24) is 0 Å². The lowest BCUT2D eigenvalue weighted by Crippen LogP contribution is -2.37. The van der Waals surface area contributed by atoms with Gasteiger partial charge in [-0.1, -0.05) is 24.3 Å². The Labute approximate surface area is 101 Å². The van der Waals surface area contributed by atoms with Crippen LogP contribution < -0.4 is 5.46 Å². The lowest BCUT2D eigenvalue weighted by molar-refractivity contribution is -0.0388. The highest BCUT2D eigenvalue weighted by Crippen LogP contribution is 2.01. The molecule has 2 N–H and O–H groups in total. The Bertz CT molecular complexity index is 320. The Morgan fingerprint density at radius 3 is 2.76 bits per heavy atom. The Morgan fingerprint density at radius 1 is 1.29 bits per heavy atom. The SMILES string of the molecule is COCOCc1ccccc1B(O)OCCO. The molecule has 0 aliphatic carbocycles. The van der Waals surface area contributed by atoms with Crippen LogP contribution in [0.3, 0.4) is 0 Å². The van der Waals surface area contributed by atoms with E-state index in [0.29, 0.717) is 12.1 Å². The van der Waals surface area contributed by atoms with Crippen LogP contribution in [-0.2, 0) is 20.7 Å². The molecule has 0 aliphatic rings. The molecule has 1 aromatic rings. The lowest BCUT2D eigenvalue weighted by Gasteiger charge is -2.12. The monoisotopic (exact) mass is 240 g/mol. The predicted molar refractivity (Wildman–Crippen MR) is 63.8 cm³/mol. The molecule has 0 aromatic heterocycles. The quantitative estimate of drug-likeness (QED) is 0.364. The van der Waals surface area contributed by atoms with Gasteiger partial charge >= 0.3 is 7.12 Å². The minimum Gasteiger partial charge on any atom is -0.423 e. The highest BCUT2D eigenvalue weighted by atomic mass is 16.7. The molecule has 0 fully saturated rings. The van der Waals surface area contributed by atoms with Gasteiger partial charge in [0.1, 0.15) is 6.79 Å². The van der Waals surface area contributed by atoms with E-state index in [2.05, 4.69) is 0 Å². The van der Waals surface area contributed by atoms with Crippen molar-refractivity contribution in [2.75, 3.05) is 27.1 Å². The summed E-state index contributed by atoms with van der Waals surface area (Å²) in [6.45, 7) is 0.499. The molecule has 1 rings (SSSR count). The Hall–Kier alpha value is -0.915. The first kappa shape index (κ1) is 14.1. The highest BCUT2D eigenvalue weighted by molar-refractivity contribution is 6.60. The van der Waals surface area contributed by atoms with Crippen LogP contribution in [0, 0.1) is 0 Å². The summed E-state index contributed by atoms with van der Waals surface area (Å²) in [5, 5.41) is 18.4. The first-order chi connectivity index (χ1) is 8.29. The maximum Gasteiger partial charge on any atom is 0.491 e. The van der Waals surface area contributed by atoms with Crippen LogP contribution in [0.2, 0.25) is 0 Å². The molecular weight excluding hydrogens is 223 g/mol. The summed E-state index contributed by atoms with van der Waals surface area (Å²) in [6.07, 6.45) is 0. The number of rotatable bonds is 8. The third kappa shape index (κ3) is 4.85. The van der Waals surface area contributed by atoms with Gasteiger partial charge in [0, 0.05) is 7.11 Å². The zero-order valence-corrected chi connectivity index (χ0v) is 9.83. The number of hydrogen-bond donors (Lipinski definition) is 2. The zero-order valence-electron chi connectivity index (χ0n) is 9.83. The average molecular weight is 240 g/mol. The number of ether oxygens (including phenoxy) is 2. The maximum atomic E-state index is 9.77. The van der Waals surface area contributed by atoms with E-state index in [1.165, 1.54) is 0 Å². The molecule has 17 heavy (non-hydrogen) atoms. The van der Waals surface area contributed by atoms with Gasteiger partial charge in [0.15, 0.2) is 0 Å².